The number of alkyl halides is 1. The van der Waals surface area contributed by atoms with Gasteiger partial charge in [-0.05, 0) is 37.6 Å². The van der Waals surface area contributed by atoms with E-state index < -0.39 is 0 Å². The lowest BCUT2D eigenvalue weighted by molar-refractivity contribution is 0.675. The average molecular weight is 269 g/mol. The summed E-state index contributed by atoms with van der Waals surface area (Å²) in [5, 5.41) is 4.27. The molecular formula is C11H16Cl3N. The Bertz CT molecular complexity index is 259. The molecule has 0 radical (unpaired) electrons. The number of hydrogen-bond donors (Lipinski definition) is 1. The summed E-state index contributed by atoms with van der Waals surface area (Å²) in [6, 6.07) is 7.93. The predicted molar refractivity (Wildman–Crippen MR) is 70.6 cm³/mol. The fourth-order valence-electron chi connectivity index (χ4n) is 1.18. The molecule has 0 spiro atoms. The number of benzene rings is 1. The standard InChI is InChI=1S/C11H15Cl2N.ClH/c1-9(12)8-14-7-6-10-2-4-11(13)5-3-10;/h2-5,9,14H,6-8H2,1H3;1H. The molecule has 0 heterocycles. The molecule has 1 N–H and O–H groups in total. The van der Waals surface area contributed by atoms with Crippen molar-refractivity contribution in [3.63, 3.8) is 0 Å². The van der Waals surface area contributed by atoms with Crippen LogP contribution in [0.1, 0.15) is 12.5 Å². The number of hydrogen-bond acceptors (Lipinski definition) is 1. The Morgan fingerprint density at radius 2 is 1.87 bits per heavy atom. The Hall–Kier alpha value is 0.0500. The molecule has 4 heteroatoms. The molecule has 86 valence electrons. The summed E-state index contributed by atoms with van der Waals surface area (Å²) in [6.45, 7) is 3.80. The second kappa shape index (κ2) is 8.23. The first-order valence-electron chi connectivity index (χ1n) is 4.77. The monoisotopic (exact) mass is 267 g/mol. The van der Waals surface area contributed by atoms with E-state index in [2.05, 4.69) is 5.32 Å². The van der Waals surface area contributed by atoms with Gasteiger partial charge in [0.15, 0.2) is 0 Å². The SMILES string of the molecule is CC(Cl)CNCCc1ccc(Cl)cc1.Cl. The average Bonchev–Trinajstić information content (AvgIpc) is 2.15. The molecule has 0 aliphatic heterocycles. The predicted octanol–water partition coefficient (Wildman–Crippen LogP) is 3.52. The lowest BCUT2D eigenvalue weighted by Crippen LogP contribution is -2.23. The van der Waals surface area contributed by atoms with Crippen molar-refractivity contribution in [1.29, 1.82) is 0 Å². The number of halogens is 3. The van der Waals surface area contributed by atoms with E-state index in [0.29, 0.717) is 0 Å². The van der Waals surface area contributed by atoms with E-state index >= 15 is 0 Å². The van der Waals surface area contributed by atoms with Gasteiger partial charge in [0.2, 0.25) is 0 Å². The lowest BCUT2D eigenvalue weighted by Gasteiger charge is -2.05. The molecule has 1 atom stereocenters. The summed E-state index contributed by atoms with van der Waals surface area (Å²) in [4.78, 5) is 0. The second-order valence-electron chi connectivity index (χ2n) is 3.36. The number of nitrogens with one attached hydrogen (secondary N) is 1. The van der Waals surface area contributed by atoms with Crippen molar-refractivity contribution in [2.24, 2.45) is 0 Å². The van der Waals surface area contributed by atoms with Crippen LogP contribution in [0.2, 0.25) is 5.02 Å². The molecule has 0 amide bonds. The molecule has 1 rings (SSSR count). The summed E-state index contributed by atoms with van der Waals surface area (Å²) < 4.78 is 0. The van der Waals surface area contributed by atoms with Crippen LogP contribution in [-0.4, -0.2) is 18.5 Å². The van der Waals surface area contributed by atoms with E-state index in [1.165, 1.54) is 5.56 Å². The quantitative estimate of drug-likeness (QED) is 0.636. The normalized spacial score (nSPS) is 11.9. The molecule has 0 aliphatic rings. The molecule has 0 saturated heterocycles. The van der Waals surface area contributed by atoms with Crippen LogP contribution in [0.25, 0.3) is 0 Å². The zero-order valence-corrected chi connectivity index (χ0v) is 11.0. The zero-order valence-electron chi connectivity index (χ0n) is 8.67. The van der Waals surface area contributed by atoms with Crippen molar-refractivity contribution in [1.82, 2.24) is 5.32 Å². The first-order chi connectivity index (χ1) is 6.68. The van der Waals surface area contributed by atoms with Crippen LogP contribution in [0.3, 0.4) is 0 Å². The summed E-state index contributed by atoms with van der Waals surface area (Å²) in [5.41, 5.74) is 1.30. The highest BCUT2D eigenvalue weighted by molar-refractivity contribution is 6.30. The van der Waals surface area contributed by atoms with Gasteiger partial charge in [0.25, 0.3) is 0 Å². The minimum atomic E-state index is 0. The Morgan fingerprint density at radius 1 is 1.27 bits per heavy atom. The number of rotatable bonds is 5. The van der Waals surface area contributed by atoms with Crippen LogP contribution in [0.5, 0.6) is 0 Å². The van der Waals surface area contributed by atoms with E-state index in [1.54, 1.807) is 0 Å². The molecule has 0 aliphatic carbocycles. The van der Waals surface area contributed by atoms with E-state index in [4.69, 9.17) is 23.2 Å². The molecule has 15 heavy (non-hydrogen) atoms. The van der Waals surface area contributed by atoms with Crippen molar-refractivity contribution in [3.05, 3.63) is 34.9 Å². The summed E-state index contributed by atoms with van der Waals surface area (Å²) >= 11 is 11.6. The van der Waals surface area contributed by atoms with Crippen LogP contribution < -0.4 is 5.32 Å². The van der Waals surface area contributed by atoms with Gasteiger partial charge in [-0.25, -0.2) is 0 Å². The Balaban J connectivity index is 0.00000196. The van der Waals surface area contributed by atoms with Crippen LogP contribution >= 0.6 is 35.6 Å². The minimum absolute atomic E-state index is 0. The molecule has 0 aromatic heterocycles. The molecular weight excluding hydrogens is 252 g/mol. The van der Waals surface area contributed by atoms with Crippen molar-refractivity contribution in [2.75, 3.05) is 13.1 Å². The third-order valence-electron chi connectivity index (χ3n) is 1.93. The lowest BCUT2D eigenvalue weighted by atomic mass is 10.1. The molecule has 1 aromatic rings. The maximum absolute atomic E-state index is 5.80. The maximum Gasteiger partial charge on any atom is 0.0432 e. The van der Waals surface area contributed by atoms with Crippen LogP contribution in [-0.2, 0) is 6.42 Å². The van der Waals surface area contributed by atoms with Gasteiger partial charge in [0.05, 0.1) is 0 Å². The highest BCUT2D eigenvalue weighted by atomic mass is 35.5. The summed E-state index contributed by atoms with van der Waals surface area (Å²) in [5.74, 6) is 0. The third kappa shape index (κ3) is 7.02. The molecule has 0 bridgehead atoms. The van der Waals surface area contributed by atoms with E-state index in [1.807, 2.05) is 31.2 Å². The second-order valence-corrected chi connectivity index (χ2v) is 4.54. The maximum atomic E-state index is 5.80. The van der Waals surface area contributed by atoms with Crippen molar-refractivity contribution < 1.29 is 0 Å². The van der Waals surface area contributed by atoms with Crippen LogP contribution in [0.4, 0.5) is 0 Å². The molecule has 0 fully saturated rings. The van der Waals surface area contributed by atoms with Gasteiger partial charge in [0, 0.05) is 16.9 Å². The van der Waals surface area contributed by atoms with Crippen molar-refractivity contribution >= 4 is 35.6 Å². The van der Waals surface area contributed by atoms with Gasteiger partial charge in [-0.1, -0.05) is 23.7 Å². The van der Waals surface area contributed by atoms with Crippen molar-refractivity contribution in [3.8, 4) is 0 Å². The molecule has 1 unspecified atom stereocenters. The third-order valence-corrected chi connectivity index (χ3v) is 2.34. The van der Waals surface area contributed by atoms with Crippen LogP contribution in [0.15, 0.2) is 24.3 Å². The Kier molecular flexibility index (Phi) is 8.26. The zero-order chi connectivity index (χ0) is 10.4. The first kappa shape index (κ1) is 15.0. The van der Waals surface area contributed by atoms with E-state index in [0.717, 1.165) is 24.5 Å². The minimum Gasteiger partial charge on any atom is -0.315 e. The van der Waals surface area contributed by atoms with Crippen molar-refractivity contribution in [2.45, 2.75) is 18.7 Å². The highest BCUT2D eigenvalue weighted by Crippen LogP contribution is 2.09. The van der Waals surface area contributed by atoms with Gasteiger partial charge in [-0.2, -0.15) is 0 Å². The largest absolute Gasteiger partial charge is 0.315 e. The Labute approximate surface area is 108 Å². The highest BCUT2D eigenvalue weighted by Gasteiger charge is 1.96. The van der Waals surface area contributed by atoms with Gasteiger partial charge >= 0.3 is 0 Å². The van der Waals surface area contributed by atoms with E-state index in [-0.39, 0.29) is 17.8 Å². The summed E-state index contributed by atoms with van der Waals surface area (Å²) in [6.07, 6.45) is 1.01. The fraction of sp³-hybridized carbons (Fsp3) is 0.455. The molecule has 0 saturated carbocycles. The van der Waals surface area contributed by atoms with Gasteiger partial charge in [-0.3, -0.25) is 0 Å². The van der Waals surface area contributed by atoms with Gasteiger partial charge in [-0.15, -0.1) is 24.0 Å². The molecule has 1 aromatic carbocycles. The first-order valence-corrected chi connectivity index (χ1v) is 5.59. The van der Waals surface area contributed by atoms with Gasteiger partial charge < -0.3 is 5.32 Å². The van der Waals surface area contributed by atoms with E-state index in [9.17, 15) is 0 Å². The Morgan fingerprint density at radius 3 is 2.40 bits per heavy atom. The van der Waals surface area contributed by atoms with Crippen LogP contribution in [0, 0.1) is 0 Å². The summed E-state index contributed by atoms with van der Waals surface area (Å²) in [7, 11) is 0. The topological polar surface area (TPSA) is 12.0 Å². The smallest absolute Gasteiger partial charge is 0.0432 e. The van der Waals surface area contributed by atoms with Gasteiger partial charge in [0.1, 0.15) is 0 Å². The fourth-order valence-corrected chi connectivity index (χ4v) is 1.42. The molecule has 1 nitrogen and oxygen atoms in total.